The molecule has 1 aromatic carbocycles. The Hall–Kier alpha value is -2.68. The SMILES string of the molecule is C[C@H](CO)N1C(=O)[C@@H]2[C@@H]3C(=O)OCCCC/C=C\[C@]3(C)O[C@@]23C=CCN(c2ccccc2Cl)C(=O)C13. The van der Waals surface area contributed by atoms with Gasteiger partial charge in [0.2, 0.25) is 5.91 Å². The lowest BCUT2D eigenvalue weighted by Crippen LogP contribution is -2.58. The predicted octanol–water partition coefficient (Wildman–Crippen LogP) is 2.88. The van der Waals surface area contributed by atoms with Crippen LogP contribution in [0.3, 0.4) is 0 Å². The first-order valence-corrected chi connectivity index (χ1v) is 12.8. The second-order valence-corrected chi connectivity index (χ2v) is 10.5. The van der Waals surface area contributed by atoms with Crippen LogP contribution in [-0.2, 0) is 23.9 Å². The summed E-state index contributed by atoms with van der Waals surface area (Å²) < 4.78 is 12.3. The first kappa shape index (κ1) is 25.0. The summed E-state index contributed by atoms with van der Waals surface area (Å²) in [6, 6.07) is 5.25. The number of anilines is 1. The standard InChI is InChI=1S/C27H31ClN2O6/c1-17(16-31)30-22-24(33)29(19-11-6-5-10-18(19)28)14-9-13-27(22)20(23(30)32)21-25(34)35-15-8-4-3-7-12-26(21,2)36-27/h5-7,9-13,17,20-22,31H,3-4,8,14-16H2,1-2H3/b12-7-/t17-,20+,21-,22?,26+,27+/m1/s1. The molecule has 2 fully saturated rings. The Morgan fingerprint density at radius 2 is 1.89 bits per heavy atom. The Balaban J connectivity index is 1.67. The van der Waals surface area contributed by atoms with Gasteiger partial charge in [-0.2, -0.15) is 0 Å². The number of likely N-dealkylation sites (tertiary alicyclic amines) is 1. The van der Waals surface area contributed by atoms with Crippen LogP contribution in [0.1, 0.15) is 33.1 Å². The van der Waals surface area contributed by atoms with Crippen LogP contribution >= 0.6 is 11.6 Å². The molecular weight excluding hydrogens is 484 g/mol. The number of cyclic esters (lactones) is 1. The zero-order valence-electron chi connectivity index (χ0n) is 20.4. The van der Waals surface area contributed by atoms with Crippen molar-refractivity contribution < 1.29 is 29.0 Å². The van der Waals surface area contributed by atoms with E-state index in [0.29, 0.717) is 10.7 Å². The van der Waals surface area contributed by atoms with Gasteiger partial charge in [-0.25, -0.2) is 0 Å². The number of esters is 1. The van der Waals surface area contributed by atoms with E-state index in [9.17, 15) is 19.5 Å². The van der Waals surface area contributed by atoms with Crippen LogP contribution in [-0.4, -0.2) is 70.8 Å². The average Bonchev–Trinajstić information content (AvgIpc) is 3.19. The number of hydrogen-bond donors (Lipinski definition) is 1. The fraction of sp³-hybridized carbons (Fsp3) is 0.519. The van der Waals surface area contributed by atoms with Crippen molar-refractivity contribution in [2.24, 2.45) is 11.8 Å². The van der Waals surface area contributed by atoms with Gasteiger partial charge in [-0.05, 0) is 45.2 Å². The molecule has 4 heterocycles. The number of hydrogen-bond acceptors (Lipinski definition) is 6. The van der Waals surface area contributed by atoms with E-state index in [1.54, 1.807) is 50.3 Å². The van der Waals surface area contributed by atoms with Crippen molar-refractivity contribution in [1.82, 2.24) is 4.90 Å². The van der Waals surface area contributed by atoms with Crippen LogP contribution in [0.2, 0.25) is 5.02 Å². The third kappa shape index (κ3) is 3.69. The van der Waals surface area contributed by atoms with Crippen molar-refractivity contribution in [3.63, 3.8) is 0 Å². The van der Waals surface area contributed by atoms with Crippen LogP contribution in [0.15, 0.2) is 48.6 Å². The lowest BCUT2D eigenvalue weighted by molar-refractivity contribution is -0.159. The second-order valence-electron chi connectivity index (χ2n) is 10.1. The number of para-hydroxylation sites is 1. The summed E-state index contributed by atoms with van der Waals surface area (Å²) in [5.74, 6) is -3.22. The van der Waals surface area contributed by atoms with Crippen molar-refractivity contribution in [2.75, 3.05) is 24.7 Å². The minimum atomic E-state index is -1.41. The van der Waals surface area contributed by atoms with Gasteiger partial charge in [-0.15, -0.1) is 0 Å². The molecule has 0 radical (unpaired) electrons. The van der Waals surface area contributed by atoms with Crippen molar-refractivity contribution in [1.29, 1.82) is 0 Å². The van der Waals surface area contributed by atoms with Gasteiger partial charge in [0.15, 0.2) is 0 Å². The highest BCUT2D eigenvalue weighted by molar-refractivity contribution is 6.34. The van der Waals surface area contributed by atoms with Gasteiger partial charge < -0.3 is 24.4 Å². The van der Waals surface area contributed by atoms with E-state index in [1.807, 2.05) is 12.2 Å². The molecule has 1 N–H and O–H groups in total. The molecule has 1 spiro atoms. The molecule has 1 unspecified atom stereocenters. The number of aliphatic hydroxyl groups is 1. The van der Waals surface area contributed by atoms with Crippen molar-refractivity contribution in [2.45, 2.75) is 56.4 Å². The van der Waals surface area contributed by atoms with Crippen LogP contribution in [0.4, 0.5) is 5.69 Å². The number of ether oxygens (including phenoxy) is 2. The highest BCUT2D eigenvalue weighted by atomic mass is 35.5. The van der Waals surface area contributed by atoms with Gasteiger partial charge in [-0.1, -0.05) is 48.0 Å². The molecule has 8 nitrogen and oxygen atoms in total. The van der Waals surface area contributed by atoms with Gasteiger partial charge in [0.1, 0.15) is 17.6 Å². The third-order valence-electron chi connectivity index (χ3n) is 7.82. The molecular formula is C27H31ClN2O6. The molecule has 1 aromatic rings. The Kier molecular flexibility index (Phi) is 6.47. The average molecular weight is 515 g/mol. The second kappa shape index (κ2) is 9.32. The van der Waals surface area contributed by atoms with E-state index in [4.69, 9.17) is 21.1 Å². The first-order chi connectivity index (χ1) is 17.2. The molecule has 192 valence electrons. The van der Waals surface area contributed by atoms with E-state index in [2.05, 4.69) is 0 Å². The summed E-state index contributed by atoms with van der Waals surface area (Å²) in [6.07, 6.45) is 9.77. The Morgan fingerprint density at radius 3 is 2.64 bits per heavy atom. The molecule has 2 saturated heterocycles. The normalized spacial score (nSPS) is 36.0. The maximum Gasteiger partial charge on any atom is 0.313 e. The minimum Gasteiger partial charge on any atom is -0.465 e. The summed E-state index contributed by atoms with van der Waals surface area (Å²) in [4.78, 5) is 44.7. The Morgan fingerprint density at radius 1 is 1.11 bits per heavy atom. The Bertz CT molecular complexity index is 1140. The molecule has 0 aromatic heterocycles. The fourth-order valence-electron chi connectivity index (χ4n) is 6.19. The summed E-state index contributed by atoms with van der Waals surface area (Å²) >= 11 is 6.45. The van der Waals surface area contributed by atoms with E-state index in [1.165, 1.54) is 9.80 Å². The topological polar surface area (TPSA) is 96.4 Å². The zero-order valence-corrected chi connectivity index (χ0v) is 21.2. The van der Waals surface area contributed by atoms with E-state index < -0.39 is 47.0 Å². The lowest BCUT2D eigenvalue weighted by Gasteiger charge is -2.39. The molecule has 36 heavy (non-hydrogen) atoms. The van der Waals surface area contributed by atoms with E-state index >= 15 is 0 Å². The van der Waals surface area contributed by atoms with Crippen LogP contribution in [0, 0.1) is 11.8 Å². The number of benzene rings is 1. The van der Waals surface area contributed by atoms with Crippen molar-refractivity contribution in [3.8, 4) is 0 Å². The molecule has 0 saturated carbocycles. The van der Waals surface area contributed by atoms with Crippen LogP contribution < -0.4 is 4.90 Å². The summed E-state index contributed by atoms with van der Waals surface area (Å²) in [5.41, 5.74) is -2.04. The number of nitrogens with zero attached hydrogens (tertiary/aromatic N) is 2. The zero-order chi connectivity index (χ0) is 25.7. The van der Waals surface area contributed by atoms with E-state index in [0.717, 1.165) is 19.3 Å². The summed E-state index contributed by atoms with van der Waals surface area (Å²) in [5, 5.41) is 10.4. The van der Waals surface area contributed by atoms with Crippen LogP contribution in [0.5, 0.6) is 0 Å². The fourth-order valence-corrected chi connectivity index (χ4v) is 6.42. The van der Waals surface area contributed by atoms with Gasteiger partial charge in [-0.3, -0.25) is 14.4 Å². The first-order valence-electron chi connectivity index (χ1n) is 12.5. The van der Waals surface area contributed by atoms with Crippen molar-refractivity contribution >= 4 is 35.1 Å². The molecule has 2 amide bonds. The number of carbonyl (C=O) groups excluding carboxylic acids is 3. The molecule has 9 heteroatoms. The maximum absolute atomic E-state index is 14.3. The maximum atomic E-state index is 14.3. The number of fused-ring (bicyclic) bond motifs is 2. The summed E-state index contributed by atoms with van der Waals surface area (Å²) in [6.45, 7) is 3.60. The number of aliphatic hydroxyl groups excluding tert-OH is 1. The predicted molar refractivity (Wildman–Crippen MR) is 133 cm³/mol. The van der Waals surface area contributed by atoms with Crippen molar-refractivity contribution in [3.05, 3.63) is 53.6 Å². The van der Waals surface area contributed by atoms with Crippen LogP contribution in [0.25, 0.3) is 0 Å². The minimum absolute atomic E-state index is 0.216. The summed E-state index contributed by atoms with van der Waals surface area (Å²) in [7, 11) is 0. The molecule has 0 aliphatic carbocycles. The smallest absolute Gasteiger partial charge is 0.313 e. The van der Waals surface area contributed by atoms with E-state index in [-0.39, 0.29) is 25.7 Å². The third-order valence-corrected chi connectivity index (χ3v) is 8.14. The molecule has 0 bridgehead atoms. The Labute approximate surface area is 215 Å². The van der Waals surface area contributed by atoms with Gasteiger partial charge in [0.05, 0.1) is 41.5 Å². The quantitative estimate of drug-likeness (QED) is 0.492. The molecule has 4 aliphatic rings. The number of halogens is 1. The molecule has 6 atom stereocenters. The number of rotatable bonds is 3. The number of amides is 2. The molecule has 5 rings (SSSR count). The number of allylic oxidation sites excluding steroid dienone is 1. The number of carbonyl (C=O) groups is 3. The largest absolute Gasteiger partial charge is 0.465 e. The lowest BCUT2D eigenvalue weighted by atomic mass is 9.74. The highest BCUT2D eigenvalue weighted by Crippen LogP contribution is 2.57. The molecule has 4 aliphatic heterocycles. The monoisotopic (exact) mass is 514 g/mol. The van der Waals surface area contributed by atoms with Gasteiger partial charge >= 0.3 is 5.97 Å². The van der Waals surface area contributed by atoms with Gasteiger partial charge in [0.25, 0.3) is 5.91 Å². The highest BCUT2D eigenvalue weighted by Gasteiger charge is 2.75. The van der Waals surface area contributed by atoms with Gasteiger partial charge in [0, 0.05) is 6.54 Å².